The summed E-state index contributed by atoms with van der Waals surface area (Å²) in [6, 6.07) is 6.52. The number of hydrogen-bond donors (Lipinski definition) is 1. The zero-order valence-electron chi connectivity index (χ0n) is 11.4. The molecule has 0 unspecified atom stereocenters. The topological polar surface area (TPSA) is 179 Å². The van der Waals surface area contributed by atoms with Gasteiger partial charge in [0.1, 0.15) is 29.6 Å². The number of nitro benzene ring substituents is 2. The number of benzene rings is 1. The molecular formula is C12H6N6O5. The molecule has 0 radical (unpaired) electrons. The van der Waals surface area contributed by atoms with E-state index >= 15 is 0 Å². The first-order valence-electron chi connectivity index (χ1n) is 5.62. The van der Waals surface area contributed by atoms with Gasteiger partial charge in [-0.15, -0.1) is 0 Å². The lowest BCUT2D eigenvalue weighted by molar-refractivity contribution is -0.422. The molecule has 0 aliphatic carbocycles. The number of methoxy groups -OCH3 is 1. The van der Waals surface area contributed by atoms with Crippen LogP contribution in [-0.2, 0) is 0 Å². The van der Waals surface area contributed by atoms with Crippen molar-refractivity contribution in [3.8, 4) is 24.0 Å². The maximum Gasteiger partial charge on any atom is 0.389 e. The van der Waals surface area contributed by atoms with Gasteiger partial charge in [0, 0.05) is 0 Å². The molecular weight excluding hydrogens is 308 g/mol. The number of nitrogens with one attached hydrogen (secondary N) is 1. The van der Waals surface area contributed by atoms with Crippen molar-refractivity contribution in [2.45, 2.75) is 0 Å². The molecule has 0 fully saturated rings. The van der Waals surface area contributed by atoms with Crippen LogP contribution in [0.2, 0.25) is 0 Å². The summed E-state index contributed by atoms with van der Waals surface area (Å²) in [7, 11) is 1.10. The lowest BCUT2D eigenvalue weighted by atomic mass is 10.2. The fraction of sp³-hybridized carbons (Fsp3) is 0.0833. The average Bonchev–Trinajstić information content (AvgIpc) is 2.53. The Kier molecular flexibility index (Phi) is 5.15. The molecule has 1 rings (SSSR count). The van der Waals surface area contributed by atoms with Gasteiger partial charge in [0.15, 0.2) is 5.57 Å². The van der Waals surface area contributed by atoms with E-state index in [9.17, 15) is 20.2 Å². The quantitative estimate of drug-likeness (QED) is 0.481. The van der Waals surface area contributed by atoms with Gasteiger partial charge in [-0.2, -0.15) is 15.8 Å². The normalized spacial score (nSPS) is 8.78. The Hall–Kier alpha value is -4.17. The van der Waals surface area contributed by atoms with Crippen LogP contribution in [0, 0.1) is 54.2 Å². The SMILES string of the molecule is COc1ccc(NC(C#N)=C(C#N)C#N)c([N+](=O)[O-])c1[N+](=O)[O-]. The largest absolute Gasteiger partial charge is 0.490 e. The number of rotatable bonds is 5. The molecule has 0 saturated carbocycles. The summed E-state index contributed by atoms with van der Waals surface area (Å²) in [4.78, 5) is 20.2. The molecule has 0 heterocycles. The number of anilines is 1. The highest BCUT2D eigenvalue weighted by Crippen LogP contribution is 2.42. The van der Waals surface area contributed by atoms with Crippen LogP contribution < -0.4 is 10.1 Å². The molecule has 0 saturated heterocycles. The molecule has 1 aromatic carbocycles. The number of ether oxygens (including phenoxy) is 1. The van der Waals surface area contributed by atoms with E-state index in [2.05, 4.69) is 5.32 Å². The highest BCUT2D eigenvalue weighted by Gasteiger charge is 2.34. The first-order chi connectivity index (χ1) is 10.9. The first kappa shape index (κ1) is 16.9. The summed E-state index contributed by atoms with van der Waals surface area (Å²) < 4.78 is 4.72. The Morgan fingerprint density at radius 2 is 1.65 bits per heavy atom. The van der Waals surface area contributed by atoms with Crippen molar-refractivity contribution < 1.29 is 14.6 Å². The Balaban J connectivity index is 3.66. The fourth-order valence-corrected chi connectivity index (χ4v) is 1.61. The van der Waals surface area contributed by atoms with Crippen molar-refractivity contribution in [3.63, 3.8) is 0 Å². The molecule has 11 heteroatoms. The Morgan fingerprint density at radius 1 is 1.09 bits per heavy atom. The molecule has 1 N–H and O–H groups in total. The minimum Gasteiger partial charge on any atom is -0.490 e. The third kappa shape index (κ3) is 3.29. The van der Waals surface area contributed by atoms with Gasteiger partial charge >= 0.3 is 11.4 Å². The zero-order valence-corrected chi connectivity index (χ0v) is 11.4. The molecule has 0 spiro atoms. The molecule has 0 aliphatic rings. The predicted octanol–water partition coefficient (Wildman–Crippen LogP) is 1.75. The van der Waals surface area contributed by atoms with Crippen LogP contribution in [0.4, 0.5) is 17.1 Å². The van der Waals surface area contributed by atoms with E-state index in [0.717, 1.165) is 19.2 Å². The Morgan fingerprint density at radius 3 is 2.04 bits per heavy atom. The van der Waals surface area contributed by atoms with Crippen molar-refractivity contribution >= 4 is 17.1 Å². The van der Waals surface area contributed by atoms with Gasteiger partial charge in [-0.05, 0) is 12.1 Å². The summed E-state index contributed by atoms with van der Waals surface area (Å²) in [5.74, 6) is -0.351. The van der Waals surface area contributed by atoms with Gasteiger partial charge in [0.2, 0.25) is 5.75 Å². The zero-order chi connectivity index (χ0) is 17.6. The van der Waals surface area contributed by atoms with Crippen LogP contribution in [0.1, 0.15) is 0 Å². The Bertz CT molecular complexity index is 823. The lowest BCUT2D eigenvalue weighted by Gasteiger charge is -2.08. The minimum atomic E-state index is -1.03. The molecule has 0 bridgehead atoms. The first-order valence-corrected chi connectivity index (χ1v) is 5.62. The summed E-state index contributed by atoms with van der Waals surface area (Å²) in [5.41, 5.74) is -3.51. The highest BCUT2D eigenvalue weighted by atomic mass is 16.6. The third-order valence-corrected chi connectivity index (χ3v) is 2.54. The summed E-state index contributed by atoms with van der Waals surface area (Å²) in [6.07, 6.45) is 0. The van der Waals surface area contributed by atoms with Crippen molar-refractivity contribution in [1.29, 1.82) is 15.8 Å². The van der Waals surface area contributed by atoms with E-state index in [-0.39, 0.29) is 5.75 Å². The van der Waals surface area contributed by atoms with Gasteiger partial charge in [-0.1, -0.05) is 0 Å². The molecule has 0 amide bonds. The van der Waals surface area contributed by atoms with Crippen LogP contribution in [0.25, 0.3) is 0 Å². The van der Waals surface area contributed by atoms with E-state index < -0.39 is 38.2 Å². The smallest absolute Gasteiger partial charge is 0.389 e. The maximum absolute atomic E-state index is 11.2. The monoisotopic (exact) mass is 314 g/mol. The molecule has 23 heavy (non-hydrogen) atoms. The van der Waals surface area contributed by atoms with Crippen LogP contribution >= 0.6 is 0 Å². The third-order valence-electron chi connectivity index (χ3n) is 2.54. The number of hydrogen-bond acceptors (Lipinski definition) is 9. The average molecular weight is 314 g/mol. The van der Waals surface area contributed by atoms with Gasteiger partial charge in [0.25, 0.3) is 0 Å². The van der Waals surface area contributed by atoms with Crippen molar-refractivity contribution in [2.24, 2.45) is 0 Å². The molecule has 114 valence electrons. The molecule has 11 nitrogen and oxygen atoms in total. The summed E-state index contributed by atoms with van der Waals surface area (Å²) >= 11 is 0. The number of nitrogens with zero attached hydrogens (tertiary/aromatic N) is 5. The summed E-state index contributed by atoms with van der Waals surface area (Å²) in [5, 5.41) is 50.8. The fourth-order valence-electron chi connectivity index (χ4n) is 1.61. The summed E-state index contributed by atoms with van der Waals surface area (Å²) in [6.45, 7) is 0. The van der Waals surface area contributed by atoms with Crippen LogP contribution in [0.3, 0.4) is 0 Å². The van der Waals surface area contributed by atoms with Crippen molar-refractivity contribution in [1.82, 2.24) is 0 Å². The van der Waals surface area contributed by atoms with Crippen molar-refractivity contribution in [3.05, 3.63) is 43.6 Å². The van der Waals surface area contributed by atoms with Crippen molar-refractivity contribution in [2.75, 3.05) is 12.4 Å². The van der Waals surface area contributed by atoms with Crippen LogP contribution in [-0.4, -0.2) is 17.0 Å². The molecule has 1 aromatic rings. The second kappa shape index (κ2) is 7.02. The Labute approximate surface area is 128 Å². The number of allylic oxidation sites excluding steroid dienone is 2. The lowest BCUT2D eigenvalue weighted by Crippen LogP contribution is -2.06. The van der Waals surface area contributed by atoms with E-state index in [0.29, 0.717) is 0 Å². The van der Waals surface area contributed by atoms with Crippen LogP contribution in [0.15, 0.2) is 23.4 Å². The standard InChI is InChI=1S/C12H6N6O5/c1-23-10-3-2-8(11(17(19)20)12(10)18(21)22)16-9(6-15)7(4-13)5-14/h2-3,16H,1H3. The van der Waals surface area contributed by atoms with Gasteiger partial charge in [-0.3, -0.25) is 20.2 Å². The van der Waals surface area contributed by atoms with Crippen LogP contribution in [0.5, 0.6) is 5.75 Å². The van der Waals surface area contributed by atoms with E-state index in [1.165, 1.54) is 18.2 Å². The van der Waals surface area contributed by atoms with Gasteiger partial charge in [0.05, 0.1) is 17.0 Å². The predicted molar refractivity (Wildman–Crippen MR) is 73.8 cm³/mol. The van der Waals surface area contributed by atoms with Gasteiger partial charge < -0.3 is 10.1 Å². The second-order valence-electron chi connectivity index (χ2n) is 3.74. The molecule has 0 aromatic heterocycles. The second-order valence-corrected chi connectivity index (χ2v) is 3.74. The van der Waals surface area contributed by atoms with E-state index in [1.54, 1.807) is 0 Å². The maximum atomic E-state index is 11.2. The molecule has 0 atom stereocenters. The number of nitro groups is 2. The highest BCUT2D eigenvalue weighted by molar-refractivity contribution is 5.78. The molecule has 0 aliphatic heterocycles. The van der Waals surface area contributed by atoms with E-state index in [1.807, 2.05) is 0 Å². The minimum absolute atomic E-state index is 0.351. The van der Waals surface area contributed by atoms with Gasteiger partial charge in [-0.25, -0.2) is 0 Å². The van der Waals surface area contributed by atoms with E-state index in [4.69, 9.17) is 20.5 Å². The number of nitriles is 3.